The molecule has 0 saturated carbocycles. The van der Waals surface area contributed by atoms with Crippen LogP contribution >= 0.6 is 0 Å². The van der Waals surface area contributed by atoms with E-state index in [1.807, 2.05) is 71.9 Å². The number of ether oxygens (including phenoxy) is 7. The van der Waals surface area contributed by atoms with E-state index in [-0.39, 0.29) is 28.1 Å². The highest BCUT2D eigenvalue weighted by Crippen LogP contribution is 2.40. The third-order valence-electron chi connectivity index (χ3n) is 13.6. The van der Waals surface area contributed by atoms with Crippen molar-refractivity contribution in [3.8, 4) is 23.0 Å². The number of ketones is 2. The summed E-state index contributed by atoms with van der Waals surface area (Å²) in [5.74, 6) is -1.39. The van der Waals surface area contributed by atoms with E-state index in [0.717, 1.165) is 86.9 Å². The van der Waals surface area contributed by atoms with E-state index in [0.29, 0.717) is 71.4 Å². The molecule has 0 atom stereocenters. The SMILES string of the molecule is COC(=O)C(=O)c1ccc(OCCN2CCOCC2)c2ccccc12.COc1c(N)cc(C(C)(C)C)cc1NS(C)(=O)=O.COc1c(NC(=O)C(=O)c2ccc(OCCN3CCOCC3)c3ccccc23)cc(C(C)(C)C)cc1NS(C)(=O)=O. The molecule has 0 aliphatic carbocycles. The Bertz CT molecular complexity index is 3550. The van der Waals surface area contributed by atoms with Crippen LogP contribution in [0.5, 0.6) is 23.0 Å². The van der Waals surface area contributed by atoms with Gasteiger partial charge in [0.1, 0.15) is 24.7 Å². The minimum Gasteiger partial charge on any atom is -0.492 e. The standard InChI is InChI=1S/C30H37N3O7S.C19H21NO5.C12H20N2O3S/c1-30(2,3)20-18-24(28(38-4)25(19-20)32-41(5,36)37)31-29(35)27(34)23-10-11-26(22-9-7-6-8-21(22)23)40-17-14-33-12-15-39-16-13-33;1-23-19(22)18(21)16-6-7-17(15-5-3-2-4-14(15)16)25-13-10-20-8-11-24-12-9-20;1-12(2,3)8-6-9(13)11(17-4)10(7-8)14-18(5,15)16/h6-11,18-19,32H,12-17H2,1-5H3,(H,31,35);2-7H,8-13H2,1H3;6-7,14H,13H2,1-5H3. The number of nitrogens with one attached hydrogen (secondary N) is 3. The van der Waals surface area contributed by atoms with Gasteiger partial charge < -0.3 is 44.2 Å². The molecule has 23 heteroatoms. The van der Waals surface area contributed by atoms with Crippen LogP contribution in [0.25, 0.3) is 21.5 Å². The van der Waals surface area contributed by atoms with Gasteiger partial charge in [0.05, 0.1) is 83.0 Å². The molecule has 0 bridgehead atoms. The summed E-state index contributed by atoms with van der Waals surface area (Å²) in [7, 11) is -3.00. The third-order valence-corrected chi connectivity index (χ3v) is 14.7. The fourth-order valence-corrected chi connectivity index (χ4v) is 10.3. The smallest absolute Gasteiger partial charge is 0.379 e. The number of hydrogen-bond acceptors (Lipinski definition) is 18. The van der Waals surface area contributed by atoms with Crippen LogP contribution in [0.4, 0.5) is 22.7 Å². The molecular weight excluding hydrogens is 1120 g/mol. The summed E-state index contributed by atoms with van der Waals surface area (Å²) in [5, 5.41) is 5.45. The number of sulfonamides is 2. The van der Waals surface area contributed by atoms with Crippen molar-refractivity contribution in [3.05, 3.63) is 119 Å². The Morgan fingerprint density at radius 3 is 1.35 bits per heavy atom. The van der Waals surface area contributed by atoms with Crippen molar-refractivity contribution in [2.24, 2.45) is 0 Å². The molecule has 8 rings (SSSR count). The van der Waals surface area contributed by atoms with Crippen LogP contribution in [0.2, 0.25) is 0 Å². The number of fused-ring (bicyclic) bond motifs is 2. The minimum absolute atomic E-state index is 0.0958. The maximum atomic E-state index is 13.5. The first-order chi connectivity index (χ1) is 39.6. The van der Waals surface area contributed by atoms with E-state index in [9.17, 15) is 36.0 Å². The fraction of sp³-hybridized carbons (Fsp3) is 0.410. The van der Waals surface area contributed by atoms with Crippen LogP contribution in [0.3, 0.4) is 0 Å². The lowest BCUT2D eigenvalue weighted by Crippen LogP contribution is -2.38. The fourth-order valence-electron chi connectivity index (χ4n) is 9.15. The number of nitrogens with two attached hydrogens (primary N) is 1. The highest BCUT2D eigenvalue weighted by molar-refractivity contribution is 7.92. The van der Waals surface area contributed by atoms with Gasteiger partial charge in [-0.05, 0) is 81.3 Å². The molecule has 2 aliphatic heterocycles. The average Bonchev–Trinajstić information content (AvgIpc) is 2.29. The maximum Gasteiger partial charge on any atom is 0.379 e. The zero-order chi connectivity index (χ0) is 61.6. The first-order valence-electron chi connectivity index (χ1n) is 27.2. The van der Waals surface area contributed by atoms with Crippen LogP contribution in [-0.4, -0.2) is 163 Å². The van der Waals surface area contributed by atoms with Crippen molar-refractivity contribution < 1.29 is 69.2 Å². The van der Waals surface area contributed by atoms with Gasteiger partial charge >= 0.3 is 5.97 Å². The van der Waals surface area contributed by atoms with Gasteiger partial charge in [0, 0.05) is 61.2 Å². The predicted octanol–water partition coefficient (Wildman–Crippen LogP) is 7.90. The highest BCUT2D eigenvalue weighted by atomic mass is 32.2. The number of benzene rings is 6. The summed E-state index contributed by atoms with van der Waals surface area (Å²) in [6.07, 6.45) is 2.12. The number of carbonyl (C=O) groups excluding carboxylic acids is 4. The summed E-state index contributed by atoms with van der Waals surface area (Å²) >= 11 is 0. The molecule has 6 aromatic carbocycles. The van der Waals surface area contributed by atoms with Crippen molar-refractivity contribution in [1.82, 2.24) is 9.80 Å². The van der Waals surface area contributed by atoms with Gasteiger partial charge in [-0.1, -0.05) is 90.1 Å². The summed E-state index contributed by atoms with van der Waals surface area (Å²) in [6, 6.07) is 28.2. The van der Waals surface area contributed by atoms with E-state index >= 15 is 0 Å². The molecule has 5 N–H and O–H groups in total. The number of amides is 1. The van der Waals surface area contributed by atoms with Crippen LogP contribution < -0.4 is 39.4 Å². The van der Waals surface area contributed by atoms with Crippen LogP contribution in [0.1, 0.15) is 73.4 Å². The number of morpholine rings is 2. The quantitative estimate of drug-likeness (QED) is 0.0260. The Balaban J connectivity index is 0.000000223. The Hall–Kier alpha value is -7.54. The summed E-state index contributed by atoms with van der Waals surface area (Å²) in [5.41, 5.74) is 8.70. The van der Waals surface area contributed by atoms with E-state index < -0.39 is 48.9 Å². The van der Waals surface area contributed by atoms with Gasteiger partial charge in [-0.15, -0.1) is 0 Å². The minimum atomic E-state index is -3.65. The van der Waals surface area contributed by atoms with Crippen LogP contribution in [0.15, 0.2) is 97.1 Å². The predicted molar refractivity (Wildman–Crippen MR) is 327 cm³/mol. The lowest BCUT2D eigenvalue weighted by atomic mass is 9.86. The number of esters is 1. The number of carbonyl (C=O) groups is 4. The van der Waals surface area contributed by atoms with Crippen molar-refractivity contribution in [3.63, 3.8) is 0 Å². The zero-order valence-electron chi connectivity index (χ0n) is 49.6. The molecule has 2 heterocycles. The van der Waals surface area contributed by atoms with Crippen LogP contribution in [-0.2, 0) is 54.7 Å². The zero-order valence-corrected chi connectivity index (χ0v) is 51.3. The Labute approximate surface area is 492 Å². The van der Waals surface area contributed by atoms with E-state index in [1.54, 1.807) is 66.7 Å². The van der Waals surface area contributed by atoms with Gasteiger partial charge in [-0.2, -0.15) is 0 Å². The van der Waals surface area contributed by atoms with Crippen molar-refractivity contribution in [2.45, 2.75) is 52.4 Å². The van der Waals surface area contributed by atoms with Crippen molar-refractivity contribution in [2.75, 3.05) is 133 Å². The van der Waals surface area contributed by atoms with E-state index in [4.69, 9.17) is 34.2 Å². The molecule has 2 aliphatic rings. The normalized spacial score (nSPS) is 14.2. The monoisotopic (exact) mass is 1200 g/mol. The summed E-state index contributed by atoms with van der Waals surface area (Å²) in [6.45, 7) is 21.0. The molecule has 0 unspecified atom stereocenters. The first-order valence-corrected chi connectivity index (χ1v) is 30.9. The molecule has 0 spiro atoms. The first kappa shape index (κ1) is 65.6. The average molecular weight is 1200 g/mol. The van der Waals surface area contributed by atoms with Gasteiger partial charge in [0.25, 0.3) is 17.5 Å². The molecule has 0 aromatic heterocycles. The topological polar surface area (TPSA) is 270 Å². The molecule has 1 amide bonds. The van der Waals surface area contributed by atoms with Crippen molar-refractivity contribution >= 4 is 87.8 Å². The molecule has 2 saturated heterocycles. The molecule has 21 nitrogen and oxygen atoms in total. The van der Waals surface area contributed by atoms with Gasteiger partial charge in [0.2, 0.25) is 20.0 Å². The molecule has 6 aromatic rings. The number of hydrogen-bond donors (Lipinski definition) is 4. The number of methoxy groups -OCH3 is 3. The summed E-state index contributed by atoms with van der Waals surface area (Å²) < 4.78 is 89.5. The van der Waals surface area contributed by atoms with Crippen LogP contribution in [0, 0.1) is 0 Å². The molecule has 84 heavy (non-hydrogen) atoms. The molecule has 0 radical (unpaired) electrons. The van der Waals surface area contributed by atoms with E-state index in [1.165, 1.54) is 21.3 Å². The van der Waals surface area contributed by atoms with Gasteiger partial charge in [-0.3, -0.25) is 33.6 Å². The number of Topliss-reactive ketones (excluding diaryl/α,β-unsaturated/α-hetero) is 2. The van der Waals surface area contributed by atoms with Crippen molar-refractivity contribution in [1.29, 1.82) is 0 Å². The Morgan fingerprint density at radius 1 is 0.548 bits per heavy atom. The molecule has 2 fully saturated rings. The second-order valence-corrected chi connectivity index (χ2v) is 25.5. The lowest BCUT2D eigenvalue weighted by Gasteiger charge is -2.26. The third kappa shape index (κ3) is 18.2. The summed E-state index contributed by atoms with van der Waals surface area (Å²) in [4.78, 5) is 55.1. The number of rotatable bonds is 19. The lowest BCUT2D eigenvalue weighted by molar-refractivity contribution is -0.135. The Morgan fingerprint density at radius 2 is 0.940 bits per heavy atom. The van der Waals surface area contributed by atoms with E-state index in [2.05, 4.69) is 29.3 Å². The number of nitrogen functional groups attached to an aromatic ring is 1. The van der Waals surface area contributed by atoms with Gasteiger partial charge in [-0.25, -0.2) is 21.6 Å². The highest BCUT2D eigenvalue weighted by Gasteiger charge is 2.27. The number of anilines is 4. The second kappa shape index (κ2) is 28.8. The Kier molecular flexibility index (Phi) is 22.5. The second-order valence-electron chi connectivity index (χ2n) is 22.0. The molecular formula is C61H78N6O15S2. The van der Waals surface area contributed by atoms with Gasteiger partial charge in [0.15, 0.2) is 11.5 Å². The molecule has 454 valence electrons. The maximum absolute atomic E-state index is 13.5. The largest absolute Gasteiger partial charge is 0.492 e. The number of nitrogens with zero attached hydrogens (tertiary/aromatic N) is 2.